The lowest BCUT2D eigenvalue weighted by Crippen LogP contribution is -2.44. The SMILES string of the molecule is COc1cccc([C@@H]2CN(Cc3ccccc3)[C@@H]3CCCC(=O)N[C@H]32)c1. The lowest BCUT2D eigenvalue weighted by Gasteiger charge is -2.27. The van der Waals surface area contributed by atoms with Crippen molar-refractivity contribution in [1.29, 1.82) is 0 Å². The summed E-state index contributed by atoms with van der Waals surface area (Å²) >= 11 is 0. The highest BCUT2D eigenvalue weighted by atomic mass is 16.5. The molecule has 0 bridgehead atoms. The summed E-state index contributed by atoms with van der Waals surface area (Å²) in [6.45, 7) is 1.88. The minimum absolute atomic E-state index is 0.167. The molecule has 0 spiro atoms. The molecule has 0 unspecified atom stereocenters. The number of amides is 1. The zero-order chi connectivity index (χ0) is 17.9. The molecule has 4 rings (SSSR count). The molecule has 4 heteroatoms. The number of benzene rings is 2. The van der Waals surface area contributed by atoms with Crippen LogP contribution in [0.15, 0.2) is 54.6 Å². The maximum absolute atomic E-state index is 12.2. The molecule has 0 aliphatic carbocycles. The molecule has 4 nitrogen and oxygen atoms in total. The fraction of sp³-hybridized carbons (Fsp3) is 0.409. The number of likely N-dealkylation sites (tertiary alicyclic amines) is 1. The topological polar surface area (TPSA) is 41.6 Å². The van der Waals surface area contributed by atoms with Gasteiger partial charge in [0.2, 0.25) is 5.91 Å². The predicted octanol–water partition coefficient (Wildman–Crippen LogP) is 3.33. The molecular formula is C22H26N2O2. The van der Waals surface area contributed by atoms with Crippen LogP contribution < -0.4 is 10.1 Å². The molecule has 2 aromatic rings. The predicted molar refractivity (Wildman–Crippen MR) is 102 cm³/mol. The first-order chi connectivity index (χ1) is 12.7. The lowest BCUT2D eigenvalue weighted by molar-refractivity contribution is -0.121. The molecule has 3 atom stereocenters. The van der Waals surface area contributed by atoms with Gasteiger partial charge in [-0.1, -0.05) is 42.5 Å². The number of carbonyl (C=O) groups is 1. The number of rotatable bonds is 4. The Hall–Kier alpha value is -2.33. The molecule has 1 amide bonds. The Morgan fingerprint density at radius 1 is 1.15 bits per heavy atom. The van der Waals surface area contributed by atoms with E-state index >= 15 is 0 Å². The zero-order valence-electron chi connectivity index (χ0n) is 15.2. The van der Waals surface area contributed by atoms with Gasteiger partial charge in [0, 0.05) is 31.5 Å². The smallest absolute Gasteiger partial charge is 0.220 e. The van der Waals surface area contributed by atoms with Crippen LogP contribution in [0.5, 0.6) is 5.75 Å². The van der Waals surface area contributed by atoms with Gasteiger partial charge in [-0.05, 0) is 36.1 Å². The number of ether oxygens (including phenoxy) is 1. The molecule has 2 aliphatic rings. The highest BCUT2D eigenvalue weighted by molar-refractivity contribution is 5.77. The summed E-state index contributed by atoms with van der Waals surface area (Å²) in [5.41, 5.74) is 2.57. The Bertz CT molecular complexity index is 762. The number of methoxy groups -OCH3 is 1. The van der Waals surface area contributed by atoms with Crippen molar-refractivity contribution in [2.24, 2.45) is 0 Å². The minimum Gasteiger partial charge on any atom is -0.497 e. The maximum Gasteiger partial charge on any atom is 0.220 e. The summed E-state index contributed by atoms with van der Waals surface area (Å²) in [7, 11) is 1.70. The van der Waals surface area contributed by atoms with Crippen molar-refractivity contribution in [3.05, 3.63) is 65.7 Å². The third-order valence-electron chi connectivity index (χ3n) is 5.73. The summed E-state index contributed by atoms with van der Waals surface area (Å²) in [5, 5.41) is 3.32. The molecule has 1 N–H and O–H groups in total. The van der Waals surface area contributed by atoms with E-state index in [1.54, 1.807) is 7.11 Å². The number of carbonyl (C=O) groups excluding carboxylic acids is 1. The van der Waals surface area contributed by atoms with E-state index in [9.17, 15) is 4.79 Å². The van der Waals surface area contributed by atoms with Crippen LogP contribution in [0.25, 0.3) is 0 Å². The molecule has 2 aromatic carbocycles. The second-order valence-electron chi connectivity index (χ2n) is 7.35. The van der Waals surface area contributed by atoms with E-state index in [0.29, 0.717) is 18.4 Å². The van der Waals surface area contributed by atoms with Crippen molar-refractivity contribution in [1.82, 2.24) is 10.2 Å². The Kier molecular flexibility index (Phi) is 4.93. The van der Waals surface area contributed by atoms with E-state index in [0.717, 1.165) is 31.7 Å². The molecule has 26 heavy (non-hydrogen) atoms. The second kappa shape index (κ2) is 7.50. The van der Waals surface area contributed by atoms with Gasteiger partial charge in [-0.25, -0.2) is 0 Å². The Balaban J connectivity index is 1.63. The summed E-state index contributed by atoms with van der Waals surface area (Å²) in [5.74, 6) is 1.35. The quantitative estimate of drug-likeness (QED) is 0.920. The minimum atomic E-state index is 0.167. The van der Waals surface area contributed by atoms with Gasteiger partial charge < -0.3 is 10.1 Å². The first kappa shape index (κ1) is 17.1. The third-order valence-corrected chi connectivity index (χ3v) is 5.73. The highest BCUT2D eigenvalue weighted by Gasteiger charge is 2.43. The number of fused-ring (bicyclic) bond motifs is 1. The van der Waals surface area contributed by atoms with Crippen LogP contribution in [0.1, 0.15) is 36.3 Å². The second-order valence-corrected chi connectivity index (χ2v) is 7.35. The fourth-order valence-electron chi connectivity index (χ4n) is 4.47. The molecule has 0 saturated carbocycles. The molecule has 2 fully saturated rings. The molecule has 0 radical (unpaired) electrons. The van der Waals surface area contributed by atoms with Gasteiger partial charge in [0.25, 0.3) is 0 Å². The highest BCUT2D eigenvalue weighted by Crippen LogP contribution is 2.37. The number of nitrogens with zero attached hydrogens (tertiary/aromatic N) is 1. The van der Waals surface area contributed by atoms with E-state index in [1.165, 1.54) is 11.1 Å². The van der Waals surface area contributed by atoms with E-state index in [4.69, 9.17) is 4.74 Å². The number of hydrogen-bond acceptors (Lipinski definition) is 3. The van der Waals surface area contributed by atoms with Crippen LogP contribution in [0, 0.1) is 0 Å². The van der Waals surface area contributed by atoms with Crippen LogP contribution >= 0.6 is 0 Å². The van der Waals surface area contributed by atoms with Crippen molar-refractivity contribution in [2.45, 2.75) is 43.8 Å². The van der Waals surface area contributed by atoms with E-state index in [-0.39, 0.29) is 11.9 Å². The summed E-state index contributed by atoms with van der Waals surface area (Å²) in [6.07, 6.45) is 2.66. The maximum atomic E-state index is 12.2. The Morgan fingerprint density at radius 3 is 2.81 bits per heavy atom. The van der Waals surface area contributed by atoms with Gasteiger partial charge in [-0.15, -0.1) is 0 Å². The third kappa shape index (κ3) is 3.47. The fourth-order valence-corrected chi connectivity index (χ4v) is 4.47. The molecule has 0 aromatic heterocycles. The first-order valence-electron chi connectivity index (χ1n) is 9.46. The molecule has 2 heterocycles. The largest absolute Gasteiger partial charge is 0.497 e. The lowest BCUT2D eigenvalue weighted by atomic mass is 9.90. The average Bonchev–Trinajstić information content (AvgIpc) is 2.87. The molecule has 136 valence electrons. The van der Waals surface area contributed by atoms with Crippen molar-refractivity contribution < 1.29 is 9.53 Å². The van der Waals surface area contributed by atoms with Crippen molar-refractivity contribution >= 4 is 5.91 Å². The van der Waals surface area contributed by atoms with Crippen LogP contribution in [0.3, 0.4) is 0 Å². The summed E-state index contributed by atoms with van der Waals surface area (Å²) in [6, 6.07) is 19.5. The van der Waals surface area contributed by atoms with Gasteiger partial charge in [-0.3, -0.25) is 9.69 Å². The van der Waals surface area contributed by atoms with Gasteiger partial charge in [0.05, 0.1) is 13.2 Å². The van der Waals surface area contributed by atoms with Crippen LogP contribution in [0.2, 0.25) is 0 Å². The Labute approximate surface area is 155 Å². The van der Waals surface area contributed by atoms with Crippen LogP contribution in [0.4, 0.5) is 0 Å². The number of nitrogens with one attached hydrogen (secondary N) is 1. The Morgan fingerprint density at radius 2 is 2.00 bits per heavy atom. The van der Waals surface area contributed by atoms with Crippen LogP contribution in [-0.2, 0) is 11.3 Å². The van der Waals surface area contributed by atoms with Gasteiger partial charge in [0.1, 0.15) is 5.75 Å². The zero-order valence-corrected chi connectivity index (χ0v) is 15.2. The monoisotopic (exact) mass is 350 g/mol. The van der Waals surface area contributed by atoms with Crippen molar-refractivity contribution in [3.8, 4) is 5.75 Å². The normalized spacial score (nSPS) is 26.0. The van der Waals surface area contributed by atoms with Gasteiger partial charge >= 0.3 is 0 Å². The molecular weight excluding hydrogens is 324 g/mol. The average molecular weight is 350 g/mol. The number of hydrogen-bond donors (Lipinski definition) is 1. The first-order valence-corrected chi connectivity index (χ1v) is 9.46. The summed E-state index contributed by atoms with van der Waals surface area (Å²) < 4.78 is 5.42. The van der Waals surface area contributed by atoms with Crippen molar-refractivity contribution in [3.63, 3.8) is 0 Å². The van der Waals surface area contributed by atoms with Gasteiger partial charge in [-0.2, -0.15) is 0 Å². The van der Waals surface area contributed by atoms with E-state index in [1.807, 2.05) is 12.1 Å². The van der Waals surface area contributed by atoms with Gasteiger partial charge in [0.15, 0.2) is 0 Å². The molecule has 2 aliphatic heterocycles. The van der Waals surface area contributed by atoms with E-state index in [2.05, 4.69) is 52.7 Å². The summed E-state index contributed by atoms with van der Waals surface area (Å²) in [4.78, 5) is 14.8. The van der Waals surface area contributed by atoms with Crippen LogP contribution in [-0.4, -0.2) is 36.5 Å². The van der Waals surface area contributed by atoms with Crippen molar-refractivity contribution in [2.75, 3.05) is 13.7 Å². The molecule has 2 saturated heterocycles. The van der Waals surface area contributed by atoms with E-state index < -0.39 is 0 Å². The standard InChI is InChI=1S/C22H26N2O2/c1-26-18-10-5-9-17(13-18)19-15-24(14-16-7-3-2-4-8-16)20-11-6-12-21(25)23-22(19)20/h2-5,7-10,13,19-20,22H,6,11-12,14-15H2,1H3,(H,23,25)/t19-,20+,22-/m0/s1.